The molecule has 1 rings (SSSR count). The Morgan fingerprint density at radius 2 is 1.89 bits per heavy atom. The van der Waals surface area contributed by atoms with Crippen molar-refractivity contribution in [3.05, 3.63) is 23.0 Å². The number of methoxy groups -OCH3 is 2. The first kappa shape index (κ1) is 15.1. The third kappa shape index (κ3) is 4.04. The van der Waals surface area contributed by atoms with E-state index in [4.69, 9.17) is 0 Å². The van der Waals surface area contributed by atoms with Gasteiger partial charge in [-0.25, -0.2) is 8.78 Å². The van der Waals surface area contributed by atoms with E-state index in [0.717, 1.165) is 0 Å². The third-order valence-corrected chi connectivity index (χ3v) is 2.71. The average molecular weight is 275 g/mol. The van der Waals surface area contributed by atoms with Gasteiger partial charge in [0.05, 0.1) is 26.3 Å². The number of esters is 2. The monoisotopic (exact) mass is 275 g/mol. The van der Waals surface area contributed by atoms with Crippen LogP contribution in [-0.4, -0.2) is 31.1 Å². The van der Waals surface area contributed by atoms with Crippen molar-refractivity contribution in [3.8, 4) is 0 Å². The van der Waals surface area contributed by atoms with E-state index in [9.17, 15) is 18.4 Å². The molecule has 0 radical (unpaired) electrons. The molecule has 0 saturated heterocycles. The zero-order valence-corrected chi connectivity index (χ0v) is 10.7. The lowest BCUT2D eigenvalue weighted by atomic mass is 10.0. The van der Waals surface area contributed by atoms with E-state index in [1.807, 2.05) is 0 Å². The number of carbonyl (C=O) groups excluding carboxylic acids is 2. The fourth-order valence-corrected chi connectivity index (χ4v) is 1.69. The number of rotatable bonds is 6. The minimum atomic E-state index is -2.72. The summed E-state index contributed by atoms with van der Waals surface area (Å²) in [4.78, 5) is 24.7. The quantitative estimate of drug-likeness (QED) is 0.803. The van der Waals surface area contributed by atoms with Gasteiger partial charge in [-0.1, -0.05) is 0 Å². The van der Waals surface area contributed by atoms with E-state index >= 15 is 0 Å². The summed E-state index contributed by atoms with van der Waals surface area (Å²) in [5.74, 6) is -1.05. The van der Waals surface area contributed by atoms with E-state index in [1.54, 1.807) is 0 Å². The molecule has 0 aliphatic rings. The summed E-state index contributed by atoms with van der Waals surface area (Å²) >= 11 is 0. The first-order valence-corrected chi connectivity index (χ1v) is 5.60. The maximum atomic E-state index is 12.8. The van der Waals surface area contributed by atoms with E-state index in [-0.39, 0.29) is 30.5 Å². The second-order valence-electron chi connectivity index (χ2n) is 3.84. The lowest BCUT2D eigenvalue weighted by Gasteiger charge is -2.06. The first-order chi connectivity index (χ1) is 8.99. The maximum absolute atomic E-state index is 12.8. The molecule has 1 aromatic heterocycles. The molecule has 0 saturated carbocycles. The Bertz CT molecular complexity index is 457. The number of aromatic nitrogens is 1. The summed E-state index contributed by atoms with van der Waals surface area (Å²) in [5.41, 5.74) is 0.363. The lowest BCUT2D eigenvalue weighted by Crippen LogP contribution is -2.09. The standard InChI is InChI=1S/C12H15F2NO4/c1-18-9(16)4-3-7-6-15-11(12(13)14)8(7)5-10(17)19-2/h6,12,15H,3-5H2,1-2H3. The summed E-state index contributed by atoms with van der Waals surface area (Å²) in [7, 11) is 2.44. The van der Waals surface area contributed by atoms with Crippen LogP contribution in [0.15, 0.2) is 6.20 Å². The Balaban J connectivity index is 2.90. The number of aryl methyl sites for hydroxylation is 1. The van der Waals surface area contributed by atoms with Gasteiger partial charge in [-0.15, -0.1) is 0 Å². The van der Waals surface area contributed by atoms with Crippen molar-refractivity contribution in [2.45, 2.75) is 25.7 Å². The van der Waals surface area contributed by atoms with Crippen LogP contribution in [0.1, 0.15) is 29.7 Å². The summed E-state index contributed by atoms with van der Waals surface area (Å²) < 4.78 is 34.5. The highest BCUT2D eigenvalue weighted by molar-refractivity contribution is 5.74. The SMILES string of the molecule is COC(=O)CCc1c[nH]c(C(F)F)c1CC(=O)OC. The van der Waals surface area contributed by atoms with Gasteiger partial charge in [0.2, 0.25) is 0 Å². The molecule has 0 unspecified atom stereocenters. The lowest BCUT2D eigenvalue weighted by molar-refractivity contribution is -0.141. The van der Waals surface area contributed by atoms with Gasteiger partial charge in [0.25, 0.3) is 6.43 Å². The van der Waals surface area contributed by atoms with E-state index in [1.165, 1.54) is 20.4 Å². The van der Waals surface area contributed by atoms with Gasteiger partial charge in [0.1, 0.15) is 0 Å². The topological polar surface area (TPSA) is 68.4 Å². The summed E-state index contributed by atoms with van der Waals surface area (Å²) in [5, 5.41) is 0. The Hall–Kier alpha value is -1.92. The number of halogens is 2. The molecule has 19 heavy (non-hydrogen) atoms. The zero-order valence-electron chi connectivity index (χ0n) is 10.7. The first-order valence-electron chi connectivity index (χ1n) is 5.60. The van der Waals surface area contributed by atoms with Gasteiger partial charge in [0.15, 0.2) is 0 Å². The molecule has 0 atom stereocenters. The number of hydrogen-bond acceptors (Lipinski definition) is 4. The third-order valence-electron chi connectivity index (χ3n) is 2.71. The summed E-state index contributed by atoms with van der Waals surface area (Å²) in [6.07, 6.45) is -1.31. The fraction of sp³-hybridized carbons (Fsp3) is 0.500. The van der Waals surface area contributed by atoms with E-state index in [0.29, 0.717) is 5.56 Å². The van der Waals surface area contributed by atoms with Crippen LogP contribution in [0, 0.1) is 0 Å². The summed E-state index contributed by atoms with van der Waals surface area (Å²) in [6.45, 7) is 0. The van der Waals surface area contributed by atoms with Crippen molar-refractivity contribution < 1.29 is 27.8 Å². The van der Waals surface area contributed by atoms with Crippen LogP contribution in [0.4, 0.5) is 8.78 Å². The highest BCUT2D eigenvalue weighted by Crippen LogP contribution is 2.26. The largest absolute Gasteiger partial charge is 0.469 e. The molecular weight excluding hydrogens is 260 g/mol. The molecule has 1 heterocycles. The minimum Gasteiger partial charge on any atom is -0.469 e. The van der Waals surface area contributed by atoms with Crippen molar-refractivity contribution >= 4 is 11.9 Å². The van der Waals surface area contributed by atoms with Gasteiger partial charge in [0, 0.05) is 12.6 Å². The van der Waals surface area contributed by atoms with Crippen molar-refractivity contribution in [2.24, 2.45) is 0 Å². The molecular formula is C12H15F2NO4. The van der Waals surface area contributed by atoms with Crippen LogP contribution in [0.3, 0.4) is 0 Å². The van der Waals surface area contributed by atoms with Crippen LogP contribution in [-0.2, 0) is 31.9 Å². The van der Waals surface area contributed by atoms with Gasteiger partial charge in [-0.05, 0) is 17.5 Å². The molecule has 5 nitrogen and oxygen atoms in total. The van der Waals surface area contributed by atoms with Gasteiger partial charge >= 0.3 is 11.9 Å². The van der Waals surface area contributed by atoms with Gasteiger partial charge < -0.3 is 14.5 Å². The van der Waals surface area contributed by atoms with Crippen LogP contribution in [0.5, 0.6) is 0 Å². The van der Waals surface area contributed by atoms with Crippen molar-refractivity contribution in [2.75, 3.05) is 14.2 Å². The minimum absolute atomic E-state index is 0.0607. The molecule has 0 spiro atoms. The molecule has 1 N–H and O–H groups in total. The molecule has 106 valence electrons. The molecule has 0 aliphatic heterocycles. The molecule has 1 aromatic rings. The van der Waals surface area contributed by atoms with Gasteiger partial charge in [-0.3, -0.25) is 9.59 Å². The second-order valence-corrected chi connectivity index (χ2v) is 3.84. The molecule has 0 aromatic carbocycles. The molecule has 7 heteroatoms. The highest BCUT2D eigenvalue weighted by atomic mass is 19.3. The van der Waals surface area contributed by atoms with Crippen LogP contribution >= 0.6 is 0 Å². The Kier molecular flexibility index (Phi) is 5.47. The summed E-state index contributed by atoms with van der Waals surface area (Å²) in [6, 6.07) is 0. The average Bonchev–Trinajstić information content (AvgIpc) is 2.78. The second kappa shape index (κ2) is 6.86. The normalized spacial score (nSPS) is 10.6. The number of aromatic amines is 1. The molecule has 0 aliphatic carbocycles. The number of ether oxygens (including phenoxy) is 2. The van der Waals surface area contributed by atoms with Crippen molar-refractivity contribution in [3.63, 3.8) is 0 Å². The number of nitrogens with one attached hydrogen (secondary N) is 1. The zero-order chi connectivity index (χ0) is 14.4. The smallest absolute Gasteiger partial charge is 0.310 e. The molecule has 0 amide bonds. The molecule has 0 fully saturated rings. The fourth-order valence-electron chi connectivity index (χ4n) is 1.69. The van der Waals surface area contributed by atoms with Crippen LogP contribution in [0.25, 0.3) is 0 Å². The number of hydrogen-bond donors (Lipinski definition) is 1. The van der Waals surface area contributed by atoms with Crippen molar-refractivity contribution in [1.29, 1.82) is 0 Å². The predicted molar refractivity (Wildman–Crippen MR) is 61.8 cm³/mol. The molecule has 0 bridgehead atoms. The van der Waals surface area contributed by atoms with Gasteiger partial charge in [-0.2, -0.15) is 0 Å². The van der Waals surface area contributed by atoms with E-state index in [2.05, 4.69) is 14.5 Å². The Morgan fingerprint density at radius 1 is 1.26 bits per heavy atom. The van der Waals surface area contributed by atoms with E-state index < -0.39 is 18.4 Å². The highest BCUT2D eigenvalue weighted by Gasteiger charge is 2.21. The van der Waals surface area contributed by atoms with Crippen LogP contribution < -0.4 is 0 Å². The predicted octanol–water partition coefficient (Wildman–Crippen LogP) is 1.77. The Morgan fingerprint density at radius 3 is 2.42 bits per heavy atom. The maximum Gasteiger partial charge on any atom is 0.310 e. The Labute approximate surface area is 108 Å². The van der Waals surface area contributed by atoms with Crippen LogP contribution in [0.2, 0.25) is 0 Å². The number of alkyl halides is 2. The van der Waals surface area contributed by atoms with Crippen molar-refractivity contribution in [1.82, 2.24) is 4.98 Å². The number of carbonyl (C=O) groups is 2. The number of H-pyrrole nitrogens is 1.